The summed E-state index contributed by atoms with van der Waals surface area (Å²) < 4.78 is 18.9. The van der Waals surface area contributed by atoms with Crippen LogP contribution in [0, 0.1) is 69.2 Å². The lowest BCUT2D eigenvalue weighted by Gasteiger charge is -2.35. The van der Waals surface area contributed by atoms with Gasteiger partial charge in [0, 0.05) is 80.5 Å². The van der Waals surface area contributed by atoms with Crippen LogP contribution in [0.4, 0.5) is 0 Å². The molecular weight excluding hydrogens is 1690 g/mol. The molecule has 0 spiro atoms. The first kappa shape index (κ1) is 91.3. The summed E-state index contributed by atoms with van der Waals surface area (Å²) >= 11 is 1.83. The second kappa shape index (κ2) is 37.1. The van der Waals surface area contributed by atoms with Crippen LogP contribution >= 0.6 is 11.3 Å². The Bertz CT molecular complexity index is 7700. The molecule has 8 aliphatic carbocycles. The van der Waals surface area contributed by atoms with Gasteiger partial charge in [-0.1, -0.05) is 193 Å². The van der Waals surface area contributed by atoms with Gasteiger partial charge < -0.3 is 4.42 Å². The summed E-state index contributed by atoms with van der Waals surface area (Å²) in [7, 11) is 11.0. The fourth-order valence-electron chi connectivity index (χ4n) is 27.0. The molecular formula is C131H142N5OS+5. The van der Waals surface area contributed by atoms with Crippen molar-refractivity contribution in [1.82, 2.24) is 0 Å². The standard InChI is InChI=1S/C28H32N.C27H28N.C26H30N.C25H26NO.C25H26NS/c1-17-12-26-21-8-9-22(15-21)27(26)16-25(17)28-24-11-10-20(19-6-4-5-7-19)14-23(24)13-18(2)29(28)3;1-18-14-21-10-6-7-11-22(21)17-26(18)27-25-13-12-23(20-8-4-5-9-20)16-24(25)15-19(2)28(27)3;1-16-9-8-12-21-23(16)25-24-20(13-17(2)27(25)5)14-19(18-10-6-7-11-18)15-22(24)26(21,3)4;2*1-16-12-20-10-11-27-24(20)15-23(16)25-22-9-8-19(18-6-4-5-7-18)14-21(22)13-17(2)26(25)3/h10-14,16,19,21-22H,4-9,15H2,1-3H3;6-7,10-17,20H,4-5,8-9H2,1-3H3;8-9,12-15,18H,6-7,10-11H2,1-5H3;2*8-15,18H,4-7H2,1-3H3/q5*+1. The van der Waals surface area contributed by atoms with Crippen molar-refractivity contribution < 1.29 is 27.3 Å². The number of aryl methyl sites for hydroxylation is 10. The predicted molar refractivity (Wildman–Crippen MR) is 580 cm³/mol. The van der Waals surface area contributed by atoms with E-state index in [0.717, 1.165) is 47.0 Å². The predicted octanol–water partition coefficient (Wildman–Crippen LogP) is 33.1. The maximum atomic E-state index is 5.69. The Morgan fingerprint density at radius 1 is 0.275 bits per heavy atom. The number of fused-ring (bicyclic) bond motifs is 14. The average Bonchev–Trinajstić information content (AvgIpc) is 0.889. The molecule has 7 heterocycles. The maximum absolute atomic E-state index is 5.69. The lowest BCUT2D eigenvalue weighted by Crippen LogP contribution is -2.38. The number of rotatable bonds is 9. The number of pyridine rings is 5. The zero-order valence-corrected chi connectivity index (χ0v) is 86.1. The number of hydrogen-bond donors (Lipinski definition) is 0. The van der Waals surface area contributed by atoms with E-state index in [4.69, 9.17) is 4.42 Å². The Morgan fingerprint density at radius 2 is 0.645 bits per heavy atom. The molecule has 6 fully saturated rings. The summed E-state index contributed by atoms with van der Waals surface area (Å²) in [5.41, 5.74) is 41.9. The molecule has 18 aromatic rings. The second-order valence-electron chi connectivity index (χ2n) is 44.2. The summed E-state index contributed by atoms with van der Waals surface area (Å²) in [4.78, 5) is 0. The van der Waals surface area contributed by atoms with Crippen LogP contribution in [-0.4, -0.2) is 0 Å². The van der Waals surface area contributed by atoms with E-state index >= 15 is 0 Å². The van der Waals surface area contributed by atoms with Gasteiger partial charge in [0.2, 0.25) is 28.5 Å². The van der Waals surface area contributed by atoms with E-state index in [-0.39, 0.29) is 5.41 Å². The molecule has 0 N–H and O–H groups in total. The number of aromatic nitrogens is 5. The molecule has 2 bridgehead atoms. The van der Waals surface area contributed by atoms with Gasteiger partial charge in [-0.2, -0.15) is 22.8 Å². The van der Waals surface area contributed by atoms with Gasteiger partial charge in [0.05, 0.1) is 61.0 Å². The van der Waals surface area contributed by atoms with Crippen molar-refractivity contribution in [2.45, 2.75) is 278 Å². The zero-order chi connectivity index (χ0) is 95.0. The highest BCUT2D eigenvalue weighted by molar-refractivity contribution is 7.17. The van der Waals surface area contributed by atoms with Crippen LogP contribution in [0.3, 0.4) is 0 Å². The third kappa shape index (κ3) is 16.6. The molecule has 7 aromatic heterocycles. The molecule has 2 unspecified atom stereocenters. The van der Waals surface area contributed by atoms with Crippen LogP contribution in [-0.2, 0) is 40.7 Å². The van der Waals surface area contributed by atoms with Crippen molar-refractivity contribution >= 4 is 97.0 Å². The van der Waals surface area contributed by atoms with Crippen LogP contribution in [0.2, 0.25) is 0 Å². The van der Waals surface area contributed by atoms with Gasteiger partial charge in [0.15, 0.2) is 28.5 Å². The first-order valence-corrected chi connectivity index (χ1v) is 53.6. The van der Waals surface area contributed by atoms with Crippen LogP contribution < -0.4 is 22.8 Å². The molecule has 0 aliphatic heterocycles. The lowest BCUT2D eigenvalue weighted by molar-refractivity contribution is -0.665. The first-order chi connectivity index (χ1) is 66.8. The first-order valence-electron chi connectivity index (χ1n) is 52.8. The number of benzene rings is 11. The van der Waals surface area contributed by atoms with E-state index in [2.05, 4.69) is 359 Å². The van der Waals surface area contributed by atoms with Gasteiger partial charge in [0.25, 0.3) is 0 Å². The van der Waals surface area contributed by atoms with Gasteiger partial charge in [-0.25, -0.2) is 0 Å². The highest BCUT2D eigenvalue weighted by atomic mass is 32.1. The largest absolute Gasteiger partial charge is 0.464 e. The van der Waals surface area contributed by atoms with Crippen molar-refractivity contribution in [1.29, 1.82) is 0 Å². The molecule has 698 valence electrons. The van der Waals surface area contributed by atoms with Crippen LogP contribution in [0.25, 0.3) is 142 Å². The molecule has 0 amide bonds. The van der Waals surface area contributed by atoms with Crippen LogP contribution in [0.1, 0.15) is 309 Å². The van der Waals surface area contributed by atoms with E-state index in [0.29, 0.717) is 0 Å². The molecule has 2 atom stereocenters. The molecule has 26 rings (SSSR count). The third-order valence-corrected chi connectivity index (χ3v) is 36.2. The van der Waals surface area contributed by atoms with Crippen molar-refractivity contribution in [3.63, 3.8) is 0 Å². The van der Waals surface area contributed by atoms with Crippen molar-refractivity contribution in [2.75, 3.05) is 0 Å². The van der Waals surface area contributed by atoms with Crippen molar-refractivity contribution in [3.05, 3.63) is 336 Å². The highest BCUT2D eigenvalue weighted by Crippen LogP contribution is 2.56. The quantitative estimate of drug-likeness (QED) is 0.133. The maximum Gasteiger partial charge on any atom is 0.221 e. The lowest BCUT2D eigenvalue weighted by atomic mass is 9.68. The monoisotopic (exact) mass is 1830 g/mol. The molecule has 138 heavy (non-hydrogen) atoms. The smallest absolute Gasteiger partial charge is 0.221 e. The van der Waals surface area contributed by atoms with Crippen LogP contribution in [0.5, 0.6) is 0 Å². The summed E-state index contributed by atoms with van der Waals surface area (Å²) in [5, 5.41) is 21.2. The zero-order valence-electron chi connectivity index (χ0n) is 85.3. The Hall–Kier alpha value is -11.8. The van der Waals surface area contributed by atoms with E-state index in [1.54, 1.807) is 28.5 Å². The number of hydrogen-bond acceptors (Lipinski definition) is 2. The summed E-state index contributed by atoms with van der Waals surface area (Å²) in [6.45, 7) is 27.3. The van der Waals surface area contributed by atoms with Gasteiger partial charge in [0.1, 0.15) is 40.8 Å². The fourth-order valence-corrected chi connectivity index (χ4v) is 27.8. The minimum atomic E-state index is 0.0312. The number of thiophene rings is 1. The Balaban J connectivity index is 0.0000000996. The summed E-state index contributed by atoms with van der Waals surface area (Å²) in [6, 6.07) is 84.5. The van der Waals surface area contributed by atoms with Gasteiger partial charge in [-0.05, 0) is 359 Å². The minimum Gasteiger partial charge on any atom is -0.464 e. The van der Waals surface area contributed by atoms with Crippen molar-refractivity contribution in [2.24, 2.45) is 35.2 Å². The normalized spacial score (nSPS) is 17.4. The van der Waals surface area contributed by atoms with E-state index in [9.17, 15) is 0 Å². The van der Waals surface area contributed by atoms with Gasteiger partial charge in [-0.3, -0.25) is 0 Å². The topological polar surface area (TPSA) is 32.5 Å². The Morgan fingerprint density at radius 3 is 1.10 bits per heavy atom. The van der Waals surface area contributed by atoms with Crippen LogP contribution in [0.15, 0.2) is 234 Å². The third-order valence-electron chi connectivity index (χ3n) is 35.3. The molecule has 7 heteroatoms. The van der Waals surface area contributed by atoms with E-state index in [1.807, 2.05) is 17.4 Å². The molecule has 11 aromatic carbocycles. The second-order valence-corrected chi connectivity index (χ2v) is 45.1. The summed E-state index contributed by atoms with van der Waals surface area (Å²) in [6.07, 6.45) is 33.3. The molecule has 6 saturated carbocycles. The Kier molecular flexibility index (Phi) is 24.6. The molecule has 8 aliphatic rings. The molecule has 6 nitrogen and oxygen atoms in total. The van der Waals surface area contributed by atoms with Gasteiger partial charge >= 0.3 is 0 Å². The Labute approximate surface area is 823 Å². The SMILES string of the molecule is Cc1cc2c(cc1-c1c3ccc(C4CCCC4)cc3cc(C)[n+]1C)C1CCC2C1.Cc1cc2ccccc2cc1-c1c2ccc(C3CCCC3)cc2cc(C)[n+]1C.Cc1cc2ccoc2cc1-c1c2ccc(C3CCCC3)cc2cc(C)[n+]1C.Cc1cc2ccsc2cc1-c1c2ccc(C3CCCC3)cc2cc(C)[n+]1C.Cc1cccc2c1-c1c3c(cc(C4CCCC4)cc3cc(C)[n+]1C)C2(C)C. The number of furan rings is 1. The highest BCUT2D eigenvalue weighted by Gasteiger charge is 2.42. The minimum absolute atomic E-state index is 0.0312. The molecule has 0 radical (unpaired) electrons. The van der Waals surface area contributed by atoms with E-state index in [1.165, 1.54) is 368 Å². The average molecular weight is 1830 g/mol. The summed E-state index contributed by atoms with van der Waals surface area (Å²) in [5.74, 6) is 5.42. The van der Waals surface area contributed by atoms with E-state index < -0.39 is 0 Å². The fraction of sp³-hybridized carbons (Fsp3) is 0.366. The molecule has 0 saturated heterocycles. The number of nitrogens with zero attached hydrogens (tertiary/aromatic N) is 5. The van der Waals surface area contributed by atoms with Crippen molar-refractivity contribution in [3.8, 4) is 56.3 Å². The van der Waals surface area contributed by atoms with Gasteiger partial charge in [-0.15, -0.1) is 11.3 Å².